The Morgan fingerprint density at radius 3 is 2.36 bits per heavy atom. The normalized spacial score (nSPS) is 24.7. The lowest BCUT2D eigenvalue weighted by atomic mass is 9.99. The molecule has 130 valence electrons. The molecule has 0 saturated carbocycles. The standard InChI is InChI=1S/C21H24N2O2/c24-21(23-19-12-17-10-11-18(13-19)22-17)16-8-6-15(7-9-16)14-25-20-4-2-1-3-5-20/h1-9,17-19,22H,10-14H2,(H,23,24). The van der Waals surface area contributed by atoms with Gasteiger partial charge in [0.25, 0.3) is 5.91 Å². The van der Waals surface area contributed by atoms with Gasteiger partial charge in [-0.1, -0.05) is 30.3 Å². The smallest absolute Gasteiger partial charge is 0.251 e. The monoisotopic (exact) mass is 336 g/mol. The Hall–Kier alpha value is -2.33. The van der Waals surface area contributed by atoms with E-state index in [-0.39, 0.29) is 5.91 Å². The topological polar surface area (TPSA) is 50.4 Å². The Labute approximate surface area is 148 Å². The molecule has 2 heterocycles. The molecule has 2 saturated heterocycles. The van der Waals surface area contributed by atoms with E-state index in [4.69, 9.17) is 4.74 Å². The SMILES string of the molecule is O=C(NC1CC2CCC(C1)N2)c1ccc(COc2ccccc2)cc1. The van der Waals surface area contributed by atoms with Gasteiger partial charge in [0, 0.05) is 23.7 Å². The average molecular weight is 336 g/mol. The first kappa shape index (κ1) is 16.2. The van der Waals surface area contributed by atoms with Crippen molar-refractivity contribution >= 4 is 5.91 Å². The third kappa shape index (κ3) is 4.02. The summed E-state index contributed by atoms with van der Waals surface area (Å²) in [6.45, 7) is 0.504. The quantitative estimate of drug-likeness (QED) is 0.881. The molecule has 2 N–H and O–H groups in total. The molecule has 2 fully saturated rings. The zero-order valence-electron chi connectivity index (χ0n) is 14.3. The van der Waals surface area contributed by atoms with Gasteiger partial charge in [-0.2, -0.15) is 0 Å². The van der Waals surface area contributed by atoms with Crippen LogP contribution < -0.4 is 15.4 Å². The maximum absolute atomic E-state index is 12.5. The lowest BCUT2D eigenvalue weighted by Gasteiger charge is -2.29. The van der Waals surface area contributed by atoms with Gasteiger partial charge in [-0.05, 0) is 55.5 Å². The van der Waals surface area contributed by atoms with Crippen molar-refractivity contribution in [3.63, 3.8) is 0 Å². The van der Waals surface area contributed by atoms with Gasteiger partial charge in [-0.15, -0.1) is 0 Å². The number of hydrogen-bond acceptors (Lipinski definition) is 3. The number of rotatable bonds is 5. The second-order valence-electron chi connectivity index (χ2n) is 7.08. The number of nitrogens with one attached hydrogen (secondary N) is 2. The molecular formula is C21H24N2O2. The van der Waals surface area contributed by atoms with E-state index >= 15 is 0 Å². The van der Waals surface area contributed by atoms with Gasteiger partial charge >= 0.3 is 0 Å². The Morgan fingerprint density at radius 1 is 1.00 bits per heavy atom. The molecule has 25 heavy (non-hydrogen) atoms. The van der Waals surface area contributed by atoms with Crippen LogP contribution in [-0.2, 0) is 6.61 Å². The van der Waals surface area contributed by atoms with Crippen LogP contribution in [0.5, 0.6) is 5.75 Å². The van der Waals surface area contributed by atoms with Gasteiger partial charge in [-0.25, -0.2) is 0 Å². The predicted octanol–water partition coefficient (Wildman–Crippen LogP) is 3.28. The minimum absolute atomic E-state index is 0.0295. The van der Waals surface area contributed by atoms with Gasteiger partial charge in [-0.3, -0.25) is 4.79 Å². The molecule has 0 aromatic heterocycles. The number of piperidine rings is 1. The third-order valence-corrected chi connectivity index (χ3v) is 5.17. The van der Waals surface area contributed by atoms with E-state index in [1.807, 2.05) is 54.6 Å². The van der Waals surface area contributed by atoms with E-state index in [9.17, 15) is 4.79 Å². The minimum atomic E-state index is 0.0295. The summed E-state index contributed by atoms with van der Waals surface area (Å²) in [6.07, 6.45) is 4.58. The molecule has 0 spiro atoms. The molecule has 2 atom stereocenters. The second-order valence-corrected chi connectivity index (χ2v) is 7.08. The van der Waals surface area contributed by atoms with Crippen LogP contribution in [0.1, 0.15) is 41.6 Å². The molecule has 2 unspecified atom stereocenters. The minimum Gasteiger partial charge on any atom is -0.489 e. The largest absolute Gasteiger partial charge is 0.489 e. The highest BCUT2D eigenvalue weighted by atomic mass is 16.5. The van der Waals surface area contributed by atoms with Gasteiger partial charge in [0.15, 0.2) is 0 Å². The number of fused-ring (bicyclic) bond motifs is 2. The van der Waals surface area contributed by atoms with Crippen LogP contribution in [0.15, 0.2) is 54.6 Å². The molecule has 1 amide bonds. The number of amides is 1. The van der Waals surface area contributed by atoms with Crippen molar-refractivity contribution in [3.05, 3.63) is 65.7 Å². The highest BCUT2D eigenvalue weighted by Gasteiger charge is 2.34. The predicted molar refractivity (Wildman–Crippen MR) is 97.6 cm³/mol. The van der Waals surface area contributed by atoms with Gasteiger partial charge in [0.2, 0.25) is 0 Å². The molecule has 0 radical (unpaired) electrons. The van der Waals surface area contributed by atoms with Crippen molar-refractivity contribution in [2.24, 2.45) is 0 Å². The summed E-state index contributed by atoms with van der Waals surface area (Å²) in [5, 5.41) is 6.81. The number of hydrogen-bond donors (Lipinski definition) is 2. The molecule has 4 nitrogen and oxygen atoms in total. The van der Waals surface area contributed by atoms with Crippen molar-refractivity contribution in [1.82, 2.24) is 10.6 Å². The summed E-state index contributed by atoms with van der Waals surface area (Å²) in [6, 6.07) is 18.9. The maximum atomic E-state index is 12.5. The molecule has 4 heteroatoms. The number of carbonyl (C=O) groups excluding carboxylic acids is 1. The van der Waals surface area contributed by atoms with Crippen LogP contribution >= 0.6 is 0 Å². The molecule has 2 aromatic carbocycles. The van der Waals surface area contributed by atoms with Crippen molar-refractivity contribution in [1.29, 1.82) is 0 Å². The zero-order chi connectivity index (χ0) is 17.1. The molecule has 2 aromatic rings. The molecule has 4 rings (SSSR count). The van der Waals surface area contributed by atoms with Crippen molar-refractivity contribution in [2.45, 2.75) is 50.4 Å². The summed E-state index contributed by atoms with van der Waals surface area (Å²) in [5.41, 5.74) is 1.77. The first-order valence-corrected chi connectivity index (χ1v) is 9.10. The lowest BCUT2D eigenvalue weighted by Crippen LogP contribution is -2.48. The van der Waals surface area contributed by atoms with E-state index in [1.165, 1.54) is 12.8 Å². The Balaban J connectivity index is 1.31. The van der Waals surface area contributed by atoms with E-state index in [0.29, 0.717) is 30.3 Å². The van der Waals surface area contributed by atoms with E-state index in [2.05, 4.69) is 10.6 Å². The second kappa shape index (κ2) is 7.28. The summed E-state index contributed by atoms with van der Waals surface area (Å²) in [4.78, 5) is 12.5. The van der Waals surface area contributed by atoms with Crippen LogP contribution in [0.4, 0.5) is 0 Å². The molecule has 2 aliphatic rings. The van der Waals surface area contributed by atoms with E-state index in [1.54, 1.807) is 0 Å². The van der Waals surface area contributed by atoms with Crippen LogP contribution in [-0.4, -0.2) is 24.0 Å². The number of carbonyl (C=O) groups is 1. The Morgan fingerprint density at radius 2 is 1.68 bits per heavy atom. The van der Waals surface area contributed by atoms with Crippen molar-refractivity contribution in [3.8, 4) is 5.75 Å². The molecule has 2 aliphatic heterocycles. The van der Waals surface area contributed by atoms with E-state index in [0.717, 1.165) is 24.2 Å². The fraction of sp³-hybridized carbons (Fsp3) is 0.381. The first-order chi connectivity index (χ1) is 12.3. The molecular weight excluding hydrogens is 312 g/mol. The number of benzene rings is 2. The lowest BCUT2D eigenvalue weighted by molar-refractivity contribution is 0.0924. The van der Waals surface area contributed by atoms with Crippen LogP contribution in [0, 0.1) is 0 Å². The summed E-state index contributed by atoms with van der Waals surface area (Å²) >= 11 is 0. The van der Waals surface area contributed by atoms with Crippen LogP contribution in [0.25, 0.3) is 0 Å². The van der Waals surface area contributed by atoms with Crippen molar-refractivity contribution < 1.29 is 9.53 Å². The van der Waals surface area contributed by atoms with Gasteiger partial charge in [0.05, 0.1) is 0 Å². The highest BCUT2D eigenvalue weighted by molar-refractivity contribution is 5.94. The average Bonchev–Trinajstić information content (AvgIpc) is 2.99. The first-order valence-electron chi connectivity index (χ1n) is 9.10. The van der Waals surface area contributed by atoms with Crippen LogP contribution in [0.3, 0.4) is 0 Å². The van der Waals surface area contributed by atoms with E-state index < -0.39 is 0 Å². The fourth-order valence-corrected chi connectivity index (χ4v) is 3.88. The Bertz CT molecular complexity index is 702. The highest BCUT2D eigenvalue weighted by Crippen LogP contribution is 2.27. The third-order valence-electron chi connectivity index (χ3n) is 5.17. The Kier molecular flexibility index (Phi) is 4.70. The molecule has 0 aliphatic carbocycles. The number of ether oxygens (including phenoxy) is 1. The van der Waals surface area contributed by atoms with Crippen LogP contribution in [0.2, 0.25) is 0 Å². The summed E-state index contributed by atoms with van der Waals surface area (Å²) < 4.78 is 5.74. The summed E-state index contributed by atoms with van der Waals surface area (Å²) in [7, 11) is 0. The molecule has 2 bridgehead atoms. The van der Waals surface area contributed by atoms with Crippen molar-refractivity contribution in [2.75, 3.05) is 0 Å². The number of para-hydroxylation sites is 1. The van der Waals surface area contributed by atoms with Gasteiger partial charge < -0.3 is 15.4 Å². The zero-order valence-corrected chi connectivity index (χ0v) is 14.3. The van der Waals surface area contributed by atoms with Gasteiger partial charge in [0.1, 0.15) is 12.4 Å². The maximum Gasteiger partial charge on any atom is 0.251 e. The fourth-order valence-electron chi connectivity index (χ4n) is 3.88. The summed E-state index contributed by atoms with van der Waals surface area (Å²) in [5.74, 6) is 0.881.